The molecule has 0 saturated carbocycles. The first-order valence-corrected chi connectivity index (χ1v) is 9.57. The van der Waals surface area contributed by atoms with E-state index in [4.69, 9.17) is 0 Å². The monoisotopic (exact) mass is 363 g/mol. The Bertz CT molecular complexity index is 866. The minimum Gasteiger partial charge on any atom is -0.283 e. The highest BCUT2D eigenvalue weighted by Crippen LogP contribution is 2.44. The number of Topliss-reactive ketones (excluding diaryl/α,β-unsaturated/α-hetero) is 1. The predicted octanol–water partition coefficient (Wildman–Crippen LogP) is 6.11. The number of carbonyl (C=O) groups is 2. The van der Waals surface area contributed by atoms with Crippen LogP contribution in [0.5, 0.6) is 0 Å². The van der Waals surface area contributed by atoms with Gasteiger partial charge >= 0.3 is 5.91 Å². The molecule has 2 aromatic rings. The van der Waals surface area contributed by atoms with E-state index < -0.39 is 11.7 Å². The van der Waals surface area contributed by atoms with Crippen LogP contribution in [-0.2, 0) is 4.79 Å². The summed E-state index contributed by atoms with van der Waals surface area (Å²) in [6, 6.07) is 15.3. The van der Waals surface area contributed by atoms with E-state index in [1.807, 2.05) is 24.3 Å². The normalized spacial score (nSPS) is 15.9. The number of hydrogen-bond donors (Lipinski definition) is 0. The van der Waals surface area contributed by atoms with Crippen molar-refractivity contribution in [1.29, 1.82) is 0 Å². The lowest BCUT2D eigenvalue weighted by molar-refractivity contribution is -0.113. The van der Waals surface area contributed by atoms with Gasteiger partial charge < -0.3 is 0 Å². The topological polar surface area (TPSA) is 37.4 Å². The van der Waals surface area contributed by atoms with E-state index in [1.54, 1.807) is 12.1 Å². The minimum atomic E-state index is -0.481. The predicted molar refractivity (Wildman–Crippen MR) is 111 cm³/mol. The average Bonchev–Trinajstić information content (AvgIpc) is 2.83. The third-order valence-corrected chi connectivity index (χ3v) is 5.20. The molecular weight excluding hydrogens is 334 g/mol. The summed E-state index contributed by atoms with van der Waals surface area (Å²) in [6.45, 7) is 13.6. The molecule has 1 atom stereocenters. The highest BCUT2D eigenvalue weighted by molar-refractivity contribution is 6.53. The number of nitrogens with zero attached hydrogens (tertiary/aromatic N) is 1. The highest BCUT2D eigenvalue weighted by Gasteiger charge is 2.37. The Balaban J connectivity index is 1.96. The SMILES string of the molecule is CC(C)(C)CC(c1ccc(N2C(=O)C(=O)c3ccccc32)cc1)C(C)(C)C. The van der Waals surface area contributed by atoms with E-state index in [-0.39, 0.29) is 10.8 Å². The van der Waals surface area contributed by atoms with Gasteiger partial charge in [-0.05, 0) is 53.0 Å². The zero-order chi connectivity index (χ0) is 20.0. The molecule has 0 N–H and O–H groups in total. The lowest BCUT2D eigenvalue weighted by Gasteiger charge is -2.36. The number of fused-ring (bicyclic) bond motifs is 1. The van der Waals surface area contributed by atoms with E-state index in [1.165, 1.54) is 10.5 Å². The summed E-state index contributed by atoms with van der Waals surface area (Å²) in [7, 11) is 0. The first-order chi connectivity index (χ1) is 12.5. The number of para-hydroxylation sites is 1. The van der Waals surface area contributed by atoms with E-state index >= 15 is 0 Å². The highest BCUT2D eigenvalue weighted by atomic mass is 16.2. The van der Waals surface area contributed by atoms with Crippen molar-refractivity contribution >= 4 is 23.1 Å². The second-order valence-electron chi connectivity index (χ2n) is 9.76. The molecule has 3 nitrogen and oxygen atoms in total. The molecule has 1 aliphatic rings. The molecule has 0 aliphatic carbocycles. The van der Waals surface area contributed by atoms with Crippen molar-refractivity contribution in [2.45, 2.75) is 53.9 Å². The standard InChI is InChI=1S/C24H29NO2/c1-23(2,3)15-19(24(4,5)6)16-11-13-17(14-12-16)25-20-10-8-7-9-18(20)21(26)22(25)27/h7-14,19H,15H2,1-6H3. The summed E-state index contributed by atoms with van der Waals surface area (Å²) in [5.74, 6) is -0.504. The third-order valence-electron chi connectivity index (χ3n) is 5.20. The summed E-state index contributed by atoms with van der Waals surface area (Å²) in [5, 5.41) is 0. The van der Waals surface area contributed by atoms with Gasteiger partial charge in [0.15, 0.2) is 0 Å². The summed E-state index contributed by atoms with van der Waals surface area (Å²) in [5.41, 5.74) is 3.53. The number of carbonyl (C=O) groups excluding carboxylic acids is 2. The van der Waals surface area contributed by atoms with Crippen molar-refractivity contribution in [3.05, 3.63) is 59.7 Å². The lowest BCUT2D eigenvalue weighted by atomic mass is 9.69. The summed E-state index contributed by atoms with van der Waals surface area (Å²) in [6.07, 6.45) is 1.08. The van der Waals surface area contributed by atoms with E-state index in [2.05, 4.69) is 53.7 Å². The average molecular weight is 364 g/mol. The molecule has 3 rings (SSSR count). The van der Waals surface area contributed by atoms with Crippen molar-refractivity contribution in [2.24, 2.45) is 10.8 Å². The lowest BCUT2D eigenvalue weighted by Crippen LogP contribution is -2.25. The zero-order valence-corrected chi connectivity index (χ0v) is 17.2. The van der Waals surface area contributed by atoms with Gasteiger partial charge in [0.1, 0.15) is 0 Å². The van der Waals surface area contributed by atoms with E-state index in [0.717, 1.165) is 12.1 Å². The van der Waals surface area contributed by atoms with Gasteiger partial charge in [-0.1, -0.05) is 65.8 Å². The van der Waals surface area contributed by atoms with Crippen molar-refractivity contribution in [2.75, 3.05) is 4.90 Å². The minimum absolute atomic E-state index is 0.140. The molecular formula is C24H29NO2. The van der Waals surface area contributed by atoms with Crippen LogP contribution in [0.25, 0.3) is 0 Å². The van der Waals surface area contributed by atoms with Crippen LogP contribution in [0.1, 0.15) is 69.8 Å². The number of benzene rings is 2. The quantitative estimate of drug-likeness (QED) is 0.617. The Labute approximate surface area is 162 Å². The Morgan fingerprint density at radius 2 is 1.44 bits per heavy atom. The smallest absolute Gasteiger partial charge is 0.283 e. The van der Waals surface area contributed by atoms with Crippen molar-refractivity contribution in [3.63, 3.8) is 0 Å². The maximum absolute atomic E-state index is 12.5. The number of rotatable bonds is 3. The number of anilines is 2. The number of hydrogen-bond acceptors (Lipinski definition) is 2. The molecule has 3 heteroatoms. The van der Waals surface area contributed by atoms with Crippen LogP contribution in [0.2, 0.25) is 0 Å². The van der Waals surface area contributed by atoms with Gasteiger partial charge in [0.05, 0.1) is 11.3 Å². The molecule has 0 radical (unpaired) electrons. The molecule has 27 heavy (non-hydrogen) atoms. The van der Waals surface area contributed by atoms with Crippen molar-refractivity contribution < 1.29 is 9.59 Å². The first kappa shape index (κ1) is 19.3. The maximum Gasteiger partial charge on any atom is 0.304 e. The summed E-state index contributed by atoms with van der Waals surface area (Å²) < 4.78 is 0. The number of ketones is 1. The molecule has 1 heterocycles. The molecule has 0 fully saturated rings. The van der Waals surface area contributed by atoms with Gasteiger partial charge in [0.25, 0.3) is 5.78 Å². The maximum atomic E-state index is 12.5. The second kappa shape index (κ2) is 6.63. The summed E-state index contributed by atoms with van der Waals surface area (Å²) >= 11 is 0. The molecule has 1 amide bonds. The van der Waals surface area contributed by atoms with Crippen LogP contribution in [0.3, 0.4) is 0 Å². The number of amides is 1. The Morgan fingerprint density at radius 3 is 2.00 bits per heavy atom. The van der Waals surface area contributed by atoms with Crippen LogP contribution in [0, 0.1) is 10.8 Å². The van der Waals surface area contributed by atoms with Gasteiger partial charge in [0.2, 0.25) is 0 Å². The van der Waals surface area contributed by atoms with Gasteiger partial charge in [-0.3, -0.25) is 14.5 Å². The van der Waals surface area contributed by atoms with Gasteiger partial charge in [-0.25, -0.2) is 0 Å². The molecule has 0 spiro atoms. The fourth-order valence-electron chi connectivity index (χ4n) is 3.84. The fraction of sp³-hybridized carbons (Fsp3) is 0.417. The van der Waals surface area contributed by atoms with Crippen molar-refractivity contribution in [1.82, 2.24) is 0 Å². The Morgan fingerprint density at radius 1 is 0.852 bits per heavy atom. The summed E-state index contributed by atoms with van der Waals surface area (Å²) in [4.78, 5) is 26.3. The van der Waals surface area contributed by atoms with Crippen LogP contribution < -0.4 is 4.90 Å². The van der Waals surface area contributed by atoms with Crippen LogP contribution in [0.4, 0.5) is 11.4 Å². The van der Waals surface area contributed by atoms with Crippen LogP contribution in [0.15, 0.2) is 48.5 Å². The molecule has 0 aromatic heterocycles. The second-order valence-corrected chi connectivity index (χ2v) is 9.76. The fourth-order valence-corrected chi connectivity index (χ4v) is 3.84. The van der Waals surface area contributed by atoms with Gasteiger partial charge in [-0.2, -0.15) is 0 Å². The zero-order valence-electron chi connectivity index (χ0n) is 17.2. The largest absolute Gasteiger partial charge is 0.304 e. The molecule has 1 aliphatic heterocycles. The molecule has 2 aromatic carbocycles. The van der Waals surface area contributed by atoms with E-state index in [9.17, 15) is 9.59 Å². The van der Waals surface area contributed by atoms with Crippen molar-refractivity contribution in [3.8, 4) is 0 Å². The van der Waals surface area contributed by atoms with Gasteiger partial charge in [0, 0.05) is 5.69 Å². The Hall–Kier alpha value is -2.42. The third kappa shape index (κ3) is 3.83. The van der Waals surface area contributed by atoms with Crippen LogP contribution >= 0.6 is 0 Å². The van der Waals surface area contributed by atoms with E-state index in [0.29, 0.717) is 17.2 Å². The molecule has 0 saturated heterocycles. The molecule has 1 unspecified atom stereocenters. The van der Waals surface area contributed by atoms with Gasteiger partial charge in [-0.15, -0.1) is 0 Å². The van der Waals surface area contributed by atoms with Crippen LogP contribution in [-0.4, -0.2) is 11.7 Å². The molecule has 142 valence electrons. The Kier molecular flexibility index (Phi) is 4.75. The molecule has 0 bridgehead atoms. The first-order valence-electron chi connectivity index (χ1n) is 9.57.